The summed E-state index contributed by atoms with van der Waals surface area (Å²) in [6, 6.07) is 13.8. The molecule has 6 nitrogen and oxygen atoms in total. The molecule has 0 saturated heterocycles. The van der Waals surface area contributed by atoms with Crippen molar-refractivity contribution in [2.75, 3.05) is 23.7 Å². The highest BCUT2D eigenvalue weighted by molar-refractivity contribution is 6.04. The van der Waals surface area contributed by atoms with E-state index in [2.05, 4.69) is 29.4 Å². The molecule has 0 aliphatic rings. The molecule has 2 aromatic rings. The second-order valence-corrected chi connectivity index (χ2v) is 5.68. The Bertz CT molecular complexity index is 724. The Morgan fingerprint density at radius 1 is 0.960 bits per heavy atom. The van der Waals surface area contributed by atoms with Crippen molar-refractivity contribution < 1.29 is 9.59 Å². The molecule has 0 radical (unpaired) electrons. The molecule has 2 aromatic carbocycles. The van der Waals surface area contributed by atoms with Crippen molar-refractivity contribution in [2.45, 2.75) is 20.4 Å². The highest BCUT2D eigenvalue weighted by atomic mass is 16.2. The van der Waals surface area contributed by atoms with Gasteiger partial charge in [0.1, 0.15) is 0 Å². The van der Waals surface area contributed by atoms with Gasteiger partial charge in [0.2, 0.25) is 0 Å². The summed E-state index contributed by atoms with van der Waals surface area (Å²) < 4.78 is 0. The largest absolute Gasteiger partial charge is 0.351 e. The lowest BCUT2D eigenvalue weighted by molar-refractivity contribution is 0.102. The number of nitrogens with zero attached hydrogens (tertiary/aromatic N) is 1. The minimum Gasteiger partial charge on any atom is -0.351 e. The predicted molar refractivity (Wildman–Crippen MR) is 101 cm³/mol. The highest BCUT2D eigenvalue weighted by Gasteiger charge is 2.08. The van der Waals surface area contributed by atoms with Crippen molar-refractivity contribution in [3.05, 3.63) is 59.7 Å². The fourth-order valence-electron chi connectivity index (χ4n) is 2.49. The molecule has 3 amide bonds. The van der Waals surface area contributed by atoms with E-state index in [-0.39, 0.29) is 5.91 Å². The molecule has 0 aromatic heterocycles. The second-order valence-electron chi connectivity index (χ2n) is 5.68. The average Bonchev–Trinajstić information content (AvgIpc) is 2.60. The number of hydrogen-bond donors (Lipinski definition) is 3. The van der Waals surface area contributed by atoms with Crippen LogP contribution < -0.4 is 16.4 Å². The summed E-state index contributed by atoms with van der Waals surface area (Å²) in [5.41, 5.74) is 7.96. The third-order valence-corrected chi connectivity index (χ3v) is 3.90. The Hall–Kier alpha value is -2.86. The molecule has 0 bridgehead atoms. The van der Waals surface area contributed by atoms with E-state index in [0.29, 0.717) is 16.9 Å². The van der Waals surface area contributed by atoms with Crippen molar-refractivity contribution in [1.29, 1.82) is 0 Å². The fraction of sp³-hybridized carbons (Fsp3) is 0.263. The topological polar surface area (TPSA) is 87.5 Å². The molecule has 0 fully saturated rings. The van der Waals surface area contributed by atoms with Crippen LogP contribution in [0.1, 0.15) is 29.8 Å². The van der Waals surface area contributed by atoms with E-state index in [9.17, 15) is 9.59 Å². The zero-order chi connectivity index (χ0) is 18.2. The average molecular weight is 340 g/mol. The molecule has 25 heavy (non-hydrogen) atoms. The lowest BCUT2D eigenvalue weighted by atomic mass is 10.1. The SMILES string of the molecule is CCN(CC)Cc1ccc(C(=O)Nc2cccc(NC(N)=O)c2)cc1. The Morgan fingerprint density at radius 3 is 2.12 bits per heavy atom. The number of carbonyl (C=O) groups is 2. The van der Waals surface area contributed by atoms with Gasteiger partial charge >= 0.3 is 6.03 Å². The maximum absolute atomic E-state index is 12.4. The molecule has 0 aliphatic heterocycles. The van der Waals surface area contributed by atoms with Gasteiger partial charge in [0.15, 0.2) is 0 Å². The van der Waals surface area contributed by atoms with Gasteiger partial charge in [0.05, 0.1) is 0 Å². The summed E-state index contributed by atoms with van der Waals surface area (Å²) in [6.45, 7) is 7.12. The summed E-state index contributed by atoms with van der Waals surface area (Å²) in [6.07, 6.45) is 0. The molecule has 0 spiro atoms. The predicted octanol–water partition coefficient (Wildman–Crippen LogP) is 3.27. The number of benzene rings is 2. The molecule has 0 aliphatic carbocycles. The second kappa shape index (κ2) is 8.84. The van der Waals surface area contributed by atoms with Crippen LogP contribution in [0.5, 0.6) is 0 Å². The van der Waals surface area contributed by atoms with Gasteiger partial charge < -0.3 is 16.4 Å². The van der Waals surface area contributed by atoms with Gasteiger partial charge in [-0.15, -0.1) is 0 Å². The van der Waals surface area contributed by atoms with Gasteiger partial charge in [-0.2, -0.15) is 0 Å². The Kier molecular flexibility index (Phi) is 6.54. The maximum atomic E-state index is 12.4. The standard InChI is InChI=1S/C19H24N4O2/c1-3-23(4-2)13-14-8-10-15(11-9-14)18(24)21-16-6-5-7-17(12-16)22-19(20)25/h5-12H,3-4,13H2,1-2H3,(H,21,24)(H3,20,22,25). The summed E-state index contributed by atoms with van der Waals surface area (Å²) in [4.78, 5) is 25.6. The van der Waals surface area contributed by atoms with Crippen molar-refractivity contribution >= 4 is 23.3 Å². The molecule has 0 heterocycles. The van der Waals surface area contributed by atoms with Gasteiger partial charge in [0, 0.05) is 23.5 Å². The molecular weight excluding hydrogens is 316 g/mol. The van der Waals surface area contributed by atoms with Crippen LogP contribution >= 0.6 is 0 Å². The van der Waals surface area contributed by atoms with Crippen molar-refractivity contribution in [3.8, 4) is 0 Å². The molecule has 0 atom stereocenters. The Labute approximate surface area is 148 Å². The van der Waals surface area contributed by atoms with E-state index in [1.807, 2.05) is 24.3 Å². The molecule has 6 heteroatoms. The van der Waals surface area contributed by atoms with Crippen LogP contribution in [0.2, 0.25) is 0 Å². The Balaban J connectivity index is 2.02. The normalized spacial score (nSPS) is 10.5. The monoisotopic (exact) mass is 340 g/mol. The fourth-order valence-corrected chi connectivity index (χ4v) is 2.49. The number of carbonyl (C=O) groups excluding carboxylic acids is 2. The van der Waals surface area contributed by atoms with Gasteiger partial charge in [-0.1, -0.05) is 32.0 Å². The molecule has 0 unspecified atom stereocenters. The number of amides is 3. The first-order valence-electron chi connectivity index (χ1n) is 8.31. The number of rotatable bonds is 7. The molecule has 132 valence electrons. The molecular formula is C19H24N4O2. The minimum absolute atomic E-state index is 0.203. The quantitative estimate of drug-likeness (QED) is 0.723. The number of anilines is 2. The lowest BCUT2D eigenvalue weighted by Crippen LogP contribution is -2.22. The van der Waals surface area contributed by atoms with Crippen molar-refractivity contribution in [1.82, 2.24) is 4.90 Å². The third-order valence-electron chi connectivity index (χ3n) is 3.90. The number of urea groups is 1. The minimum atomic E-state index is -0.646. The van der Waals surface area contributed by atoms with E-state index in [1.54, 1.807) is 24.3 Å². The smallest absolute Gasteiger partial charge is 0.316 e. The van der Waals surface area contributed by atoms with E-state index in [4.69, 9.17) is 5.73 Å². The molecule has 4 N–H and O–H groups in total. The summed E-state index contributed by atoms with van der Waals surface area (Å²) in [5, 5.41) is 5.29. The van der Waals surface area contributed by atoms with Crippen molar-refractivity contribution in [3.63, 3.8) is 0 Å². The van der Waals surface area contributed by atoms with E-state index < -0.39 is 6.03 Å². The first-order valence-corrected chi connectivity index (χ1v) is 8.31. The van der Waals surface area contributed by atoms with Crippen LogP contribution in [0.15, 0.2) is 48.5 Å². The molecule has 2 rings (SSSR count). The zero-order valence-corrected chi connectivity index (χ0v) is 14.6. The van der Waals surface area contributed by atoms with Gasteiger partial charge in [-0.25, -0.2) is 4.79 Å². The first-order chi connectivity index (χ1) is 12.0. The van der Waals surface area contributed by atoms with Gasteiger partial charge in [-0.05, 0) is 49.0 Å². The van der Waals surface area contributed by atoms with Crippen LogP contribution in [0.3, 0.4) is 0 Å². The number of primary amides is 1. The van der Waals surface area contributed by atoms with Crippen LogP contribution in [0.4, 0.5) is 16.2 Å². The first kappa shape index (κ1) is 18.5. The summed E-state index contributed by atoms with van der Waals surface area (Å²) >= 11 is 0. The summed E-state index contributed by atoms with van der Waals surface area (Å²) in [7, 11) is 0. The van der Waals surface area contributed by atoms with E-state index in [0.717, 1.165) is 19.6 Å². The van der Waals surface area contributed by atoms with Crippen LogP contribution in [-0.4, -0.2) is 29.9 Å². The van der Waals surface area contributed by atoms with Crippen LogP contribution in [-0.2, 0) is 6.54 Å². The van der Waals surface area contributed by atoms with Crippen LogP contribution in [0.25, 0.3) is 0 Å². The van der Waals surface area contributed by atoms with Gasteiger partial charge in [0.25, 0.3) is 5.91 Å². The third kappa shape index (κ3) is 5.61. The van der Waals surface area contributed by atoms with E-state index >= 15 is 0 Å². The summed E-state index contributed by atoms with van der Waals surface area (Å²) in [5.74, 6) is -0.203. The molecule has 0 saturated carbocycles. The van der Waals surface area contributed by atoms with Gasteiger partial charge in [-0.3, -0.25) is 9.69 Å². The van der Waals surface area contributed by atoms with Crippen LogP contribution in [0, 0.1) is 0 Å². The highest BCUT2D eigenvalue weighted by Crippen LogP contribution is 2.16. The zero-order valence-electron chi connectivity index (χ0n) is 14.6. The maximum Gasteiger partial charge on any atom is 0.316 e. The van der Waals surface area contributed by atoms with E-state index in [1.165, 1.54) is 5.56 Å². The number of nitrogens with one attached hydrogen (secondary N) is 2. The number of hydrogen-bond acceptors (Lipinski definition) is 3. The Morgan fingerprint density at radius 2 is 1.56 bits per heavy atom. The van der Waals surface area contributed by atoms with Crippen molar-refractivity contribution in [2.24, 2.45) is 5.73 Å². The lowest BCUT2D eigenvalue weighted by Gasteiger charge is -2.18. The number of nitrogens with two attached hydrogens (primary N) is 1.